The van der Waals surface area contributed by atoms with Crippen molar-refractivity contribution in [1.82, 2.24) is 0 Å². The molecule has 0 saturated carbocycles. The van der Waals surface area contributed by atoms with Crippen molar-refractivity contribution in [2.75, 3.05) is 0 Å². The fourth-order valence-corrected chi connectivity index (χ4v) is 13.8. The van der Waals surface area contributed by atoms with Crippen LogP contribution in [0.25, 0.3) is 0 Å². The van der Waals surface area contributed by atoms with Gasteiger partial charge in [-0.25, -0.2) is 4.31 Å². The summed E-state index contributed by atoms with van der Waals surface area (Å²) in [4.78, 5) is 0. The van der Waals surface area contributed by atoms with Crippen LogP contribution in [-0.4, -0.2) is 0 Å². The maximum Gasteiger partial charge on any atom is 0.335 e. The van der Waals surface area contributed by atoms with Crippen LogP contribution in [0.3, 0.4) is 0 Å². The third-order valence-corrected chi connectivity index (χ3v) is 6.37. The van der Waals surface area contributed by atoms with Gasteiger partial charge in [-0.1, -0.05) is 0 Å². The van der Waals surface area contributed by atoms with E-state index in [-0.39, 0.29) is 0 Å². The predicted octanol–water partition coefficient (Wildman–Crippen LogP) is 4.80. The number of hydrogen-bond acceptors (Lipinski definition) is 3. The maximum absolute atomic E-state index is 10.6. The molecule has 9 heavy (non-hydrogen) atoms. The largest absolute Gasteiger partial charge is 0.335 e. The number of hydrogen-bond donors (Lipinski definition) is 0. The van der Waals surface area contributed by atoms with E-state index in [1.54, 1.807) is 0 Å². The molecule has 0 atom stereocenters. The molecule has 3 nitrogen and oxygen atoms in total. The van der Waals surface area contributed by atoms with E-state index in [0.717, 1.165) is 0 Å². The Labute approximate surface area is 84.2 Å². The first-order valence-corrected chi connectivity index (χ1v) is 12.7. The monoisotopic (exact) mass is 426 g/mol. The minimum absolute atomic E-state index is 2.63. The molecule has 0 rings (SSSR count). The Morgan fingerprint density at radius 1 is 0.889 bits per heavy atom. The predicted molar refractivity (Wildman–Crippen MR) is 52.0 cm³/mol. The van der Waals surface area contributed by atoms with Crippen molar-refractivity contribution in [1.29, 1.82) is 0 Å². The summed E-state index contributed by atoms with van der Waals surface area (Å²) in [7, 11) is 0. The van der Waals surface area contributed by atoms with Crippen molar-refractivity contribution >= 4 is 71.5 Å². The summed E-state index contributed by atoms with van der Waals surface area (Å²) in [6.07, 6.45) is 0. The van der Waals surface area contributed by atoms with Gasteiger partial charge in [-0.3, -0.25) is 9.13 Å². The molecule has 0 fully saturated rings. The zero-order valence-electron chi connectivity index (χ0n) is 3.63. The first-order valence-electron chi connectivity index (χ1n) is 1.41. The molecule has 0 N–H and O–H groups in total. The third kappa shape index (κ3) is 10.3. The van der Waals surface area contributed by atoms with Crippen LogP contribution in [0.5, 0.6) is 0 Å². The van der Waals surface area contributed by atoms with Crippen LogP contribution >= 0.6 is 71.5 Å². The minimum atomic E-state index is -3.02. The Bertz CT molecular complexity index is 154. The molecule has 0 radical (unpaired) electrons. The first kappa shape index (κ1) is 11.3. The molecule has 0 unspecified atom stereocenters. The Balaban J connectivity index is 4.07. The molecule has 9 heteroatoms. The van der Waals surface area contributed by atoms with Gasteiger partial charge in [-0.05, 0) is 0 Å². The van der Waals surface area contributed by atoms with Crippen molar-refractivity contribution in [3.8, 4) is 0 Å². The van der Waals surface area contributed by atoms with Crippen LogP contribution in [-0.2, 0) is 13.4 Å². The Morgan fingerprint density at radius 2 is 1.11 bits per heavy atom. The molecule has 0 aromatic carbocycles. The summed E-state index contributed by atoms with van der Waals surface area (Å²) in [5, 5.41) is 0. The summed E-state index contributed by atoms with van der Waals surface area (Å²) in [6, 6.07) is 0. The molecule has 56 valence electrons. The Kier molecular flexibility index (Phi) is 4.83. The fraction of sp³-hybridized carbons (Fsp3) is 0. The van der Waals surface area contributed by atoms with Gasteiger partial charge in [0.2, 0.25) is 0 Å². The lowest BCUT2D eigenvalue weighted by molar-refractivity contribution is 0.506. The van der Waals surface area contributed by atoms with Gasteiger partial charge < -0.3 is 0 Å². The zero-order chi connectivity index (χ0) is 7.71. The summed E-state index contributed by atoms with van der Waals surface area (Å²) in [5.41, 5.74) is 0. The third-order valence-electron chi connectivity index (χ3n) is 0.190. The highest BCUT2D eigenvalue weighted by molar-refractivity contribution is 9.73. The SMILES string of the molecule is O=P(Br)(Br)OP(=O)(Br)Br. The Hall–Kier alpha value is 2.34. The van der Waals surface area contributed by atoms with Gasteiger partial charge in [0.1, 0.15) is 0 Å². The normalized spacial score (nSPS) is 13.8. The van der Waals surface area contributed by atoms with Gasteiger partial charge in [0, 0.05) is 62.0 Å². The molecular formula is Br4O3P2. The molecular weight excluding hydrogens is 430 g/mol. The van der Waals surface area contributed by atoms with E-state index in [4.69, 9.17) is 0 Å². The second-order valence-corrected chi connectivity index (χ2v) is 20.1. The second-order valence-electron chi connectivity index (χ2n) is 0.911. The van der Waals surface area contributed by atoms with E-state index in [1.807, 2.05) is 0 Å². The molecule has 0 heterocycles. The van der Waals surface area contributed by atoms with Gasteiger partial charge >= 0.3 is 9.55 Å². The van der Waals surface area contributed by atoms with Crippen LogP contribution in [0.15, 0.2) is 0 Å². The summed E-state index contributed by atoms with van der Waals surface area (Å²) < 4.78 is 19.6. The lowest BCUT2D eigenvalue weighted by Crippen LogP contribution is -1.60. The lowest BCUT2D eigenvalue weighted by Gasteiger charge is -2.03. The molecule has 0 amide bonds. The highest BCUT2D eigenvalue weighted by atomic mass is 79.9. The summed E-state index contributed by atoms with van der Waals surface area (Å²) >= 11 is 10.5. The number of rotatable bonds is 2. The van der Waals surface area contributed by atoms with E-state index in [0.29, 0.717) is 0 Å². The van der Waals surface area contributed by atoms with Gasteiger partial charge in [-0.15, -0.1) is 0 Å². The average molecular weight is 430 g/mol. The highest BCUT2D eigenvalue weighted by Crippen LogP contribution is 2.78. The second kappa shape index (κ2) is 3.83. The zero-order valence-corrected chi connectivity index (χ0v) is 11.8. The quantitative estimate of drug-likeness (QED) is 0.593. The van der Waals surface area contributed by atoms with Crippen LogP contribution in [0, 0.1) is 0 Å². The standard InChI is InChI=1S/Br4O3P2/c1-8(2,5)7-9(3,4)6. The van der Waals surface area contributed by atoms with E-state index in [2.05, 4.69) is 66.3 Å². The van der Waals surface area contributed by atoms with Crippen molar-refractivity contribution < 1.29 is 13.4 Å². The first-order chi connectivity index (χ1) is 3.71. The number of halogens is 4. The topological polar surface area (TPSA) is 43.4 Å². The lowest BCUT2D eigenvalue weighted by atomic mass is 15.8. The fourth-order valence-electron chi connectivity index (χ4n) is 0.111. The van der Waals surface area contributed by atoms with Gasteiger partial charge in [0.15, 0.2) is 0 Å². The summed E-state index contributed by atoms with van der Waals surface area (Å²) in [5.74, 6) is 0. The van der Waals surface area contributed by atoms with E-state index in [1.165, 1.54) is 0 Å². The van der Waals surface area contributed by atoms with E-state index in [9.17, 15) is 9.13 Å². The van der Waals surface area contributed by atoms with E-state index < -0.39 is 9.55 Å². The van der Waals surface area contributed by atoms with Gasteiger partial charge in [-0.2, -0.15) is 0 Å². The van der Waals surface area contributed by atoms with Crippen LogP contribution in [0.4, 0.5) is 0 Å². The molecule has 0 aliphatic heterocycles. The van der Waals surface area contributed by atoms with E-state index >= 15 is 0 Å². The van der Waals surface area contributed by atoms with Crippen LogP contribution in [0.1, 0.15) is 0 Å². The Morgan fingerprint density at radius 3 is 1.11 bits per heavy atom. The van der Waals surface area contributed by atoms with Crippen molar-refractivity contribution in [3.63, 3.8) is 0 Å². The molecule has 0 aliphatic carbocycles. The van der Waals surface area contributed by atoms with Gasteiger partial charge in [0.05, 0.1) is 0 Å². The molecule has 0 aromatic rings. The maximum atomic E-state index is 10.6. The van der Waals surface area contributed by atoms with Crippen molar-refractivity contribution in [2.24, 2.45) is 0 Å². The summed E-state index contributed by atoms with van der Waals surface area (Å²) in [6.45, 7) is 0. The van der Waals surface area contributed by atoms with Gasteiger partial charge in [0.25, 0.3) is 0 Å². The average Bonchev–Trinajstić information content (AvgIpc) is 1.14. The molecule has 0 aromatic heterocycles. The highest BCUT2D eigenvalue weighted by Gasteiger charge is 2.25. The minimum Gasteiger partial charge on any atom is -0.267 e. The molecule has 0 bridgehead atoms. The van der Waals surface area contributed by atoms with Crippen LogP contribution < -0.4 is 0 Å². The smallest absolute Gasteiger partial charge is 0.267 e. The molecule has 0 spiro atoms. The molecule has 0 saturated heterocycles. The molecule has 0 aliphatic rings. The van der Waals surface area contributed by atoms with Crippen molar-refractivity contribution in [2.45, 2.75) is 0 Å². The van der Waals surface area contributed by atoms with Crippen molar-refractivity contribution in [3.05, 3.63) is 0 Å². The van der Waals surface area contributed by atoms with Crippen LogP contribution in [0.2, 0.25) is 0 Å².